The highest BCUT2D eigenvalue weighted by Gasteiger charge is 2.34. The number of halogens is 2. The lowest BCUT2D eigenvalue weighted by Crippen LogP contribution is -2.28. The summed E-state index contributed by atoms with van der Waals surface area (Å²) in [5, 5.41) is 6.87. The average Bonchev–Trinajstić information content (AvgIpc) is 2.95. The van der Waals surface area contributed by atoms with Crippen LogP contribution < -0.4 is 14.5 Å². The van der Waals surface area contributed by atoms with Crippen molar-refractivity contribution in [2.75, 3.05) is 18.7 Å². The van der Waals surface area contributed by atoms with Crippen LogP contribution >= 0.6 is 23.2 Å². The summed E-state index contributed by atoms with van der Waals surface area (Å²) in [6.45, 7) is 5.79. The third-order valence-corrected chi connectivity index (χ3v) is 4.95. The van der Waals surface area contributed by atoms with Gasteiger partial charge in [-0.3, -0.25) is 4.79 Å². The third kappa shape index (κ3) is 4.16. The number of hydrogen-bond donors (Lipinski definition) is 0. The molecular weight excluding hydrogens is 399 g/mol. The molecule has 1 amide bonds. The van der Waals surface area contributed by atoms with E-state index in [0.717, 1.165) is 11.3 Å². The predicted molar refractivity (Wildman–Crippen MR) is 113 cm³/mol. The number of carbonyl (C=O) groups is 1. The van der Waals surface area contributed by atoms with E-state index in [1.54, 1.807) is 43.5 Å². The van der Waals surface area contributed by atoms with E-state index in [2.05, 4.69) is 11.7 Å². The van der Waals surface area contributed by atoms with Gasteiger partial charge in [-0.1, -0.05) is 35.9 Å². The topological polar surface area (TPSA) is 51.1 Å². The molecule has 2 aromatic carbocycles. The van der Waals surface area contributed by atoms with Crippen molar-refractivity contribution < 1.29 is 14.3 Å². The quantitative estimate of drug-likeness (QED) is 0.584. The summed E-state index contributed by atoms with van der Waals surface area (Å²) in [6, 6.07) is 10.6. The van der Waals surface area contributed by atoms with Gasteiger partial charge in [0, 0.05) is 10.7 Å². The zero-order valence-electron chi connectivity index (χ0n) is 15.6. The number of ether oxygens (including phenoxy) is 2. The van der Waals surface area contributed by atoms with Crippen LogP contribution in [-0.2, 0) is 11.2 Å². The van der Waals surface area contributed by atoms with Crippen molar-refractivity contribution in [3.63, 3.8) is 0 Å². The lowest BCUT2D eigenvalue weighted by Gasteiger charge is -2.16. The van der Waals surface area contributed by atoms with Crippen LogP contribution in [0, 0.1) is 5.92 Å². The molecule has 0 aliphatic carbocycles. The van der Waals surface area contributed by atoms with Crippen LogP contribution in [0.1, 0.15) is 12.5 Å². The molecule has 2 aromatic rings. The fourth-order valence-corrected chi connectivity index (χ4v) is 3.43. The van der Waals surface area contributed by atoms with E-state index < -0.39 is 0 Å². The second kappa shape index (κ2) is 8.67. The summed E-state index contributed by atoms with van der Waals surface area (Å²) in [5.41, 5.74) is 2.28. The van der Waals surface area contributed by atoms with Crippen molar-refractivity contribution in [2.24, 2.45) is 11.0 Å². The van der Waals surface area contributed by atoms with E-state index in [4.69, 9.17) is 32.7 Å². The van der Waals surface area contributed by atoms with Crippen LogP contribution in [0.3, 0.4) is 0 Å². The summed E-state index contributed by atoms with van der Waals surface area (Å²) in [7, 11) is 1.55. The summed E-state index contributed by atoms with van der Waals surface area (Å²) in [5.74, 6) is 0.496. The standard InChI is InChI=1S/C21H20Cl2N2O3/c1-4-9-28-20-18(23)11-14(12-19(20)27-3)10-17-13(2)24-25(21(17)26)16-7-5-15(22)6-8-16/h4-8,11-12,17H,1,9-10H2,2-3H3. The van der Waals surface area contributed by atoms with Gasteiger partial charge in [-0.25, -0.2) is 5.01 Å². The highest BCUT2D eigenvalue weighted by Crippen LogP contribution is 2.38. The van der Waals surface area contributed by atoms with Gasteiger partial charge in [0.25, 0.3) is 5.91 Å². The molecule has 1 atom stereocenters. The number of carbonyl (C=O) groups excluding carboxylic acids is 1. The van der Waals surface area contributed by atoms with E-state index in [1.165, 1.54) is 5.01 Å². The van der Waals surface area contributed by atoms with E-state index >= 15 is 0 Å². The second-order valence-corrected chi connectivity index (χ2v) is 7.18. The van der Waals surface area contributed by atoms with Crippen LogP contribution in [0.2, 0.25) is 10.0 Å². The molecular formula is C21H20Cl2N2O3. The van der Waals surface area contributed by atoms with Crippen LogP contribution in [0.25, 0.3) is 0 Å². The minimum atomic E-state index is -0.378. The molecule has 3 rings (SSSR count). The van der Waals surface area contributed by atoms with E-state index in [9.17, 15) is 4.79 Å². The molecule has 1 unspecified atom stereocenters. The van der Waals surface area contributed by atoms with Gasteiger partial charge in [0.2, 0.25) is 0 Å². The number of hydrazone groups is 1. The van der Waals surface area contributed by atoms with Gasteiger partial charge in [-0.05, 0) is 55.3 Å². The second-order valence-electron chi connectivity index (χ2n) is 6.33. The lowest BCUT2D eigenvalue weighted by atomic mass is 9.95. The maximum absolute atomic E-state index is 12.9. The fraction of sp³-hybridized carbons (Fsp3) is 0.238. The molecule has 1 heterocycles. The van der Waals surface area contributed by atoms with Crippen LogP contribution in [0.4, 0.5) is 5.69 Å². The first-order valence-corrected chi connectivity index (χ1v) is 9.45. The Balaban J connectivity index is 1.82. The number of rotatable bonds is 7. The Morgan fingerprint density at radius 1 is 1.25 bits per heavy atom. The Labute approximate surface area is 174 Å². The van der Waals surface area contributed by atoms with E-state index in [1.807, 2.05) is 13.0 Å². The number of amides is 1. The minimum Gasteiger partial charge on any atom is -0.493 e. The first-order chi connectivity index (χ1) is 13.4. The molecule has 146 valence electrons. The largest absolute Gasteiger partial charge is 0.493 e. The van der Waals surface area contributed by atoms with Crippen molar-refractivity contribution >= 4 is 40.5 Å². The molecule has 1 aliphatic heterocycles. The fourth-order valence-electron chi connectivity index (χ4n) is 3.01. The summed E-state index contributed by atoms with van der Waals surface area (Å²) in [6.07, 6.45) is 2.09. The normalized spacial score (nSPS) is 16.1. The summed E-state index contributed by atoms with van der Waals surface area (Å²) >= 11 is 12.3. The van der Waals surface area contributed by atoms with Crippen LogP contribution in [0.5, 0.6) is 11.5 Å². The predicted octanol–water partition coefficient (Wildman–Crippen LogP) is 5.15. The molecule has 0 saturated carbocycles. The number of hydrogen-bond acceptors (Lipinski definition) is 4. The van der Waals surface area contributed by atoms with Gasteiger partial charge in [0.05, 0.1) is 23.7 Å². The van der Waals surface area contributed by atoms with Crippen molar-refractivity contribution in [1.29, 1.82) is 0 Å². The van der Waals surface area contributed by atoms with Gasteiger partial charge in [-0.15, -0.1) is 0 Å². The Morgan fingerprint density at radius 2 is 1.96 bits per heavy atom. The first-order valence-electron chi connectivity index (χ1n) is 8.69. The molecule has 28 heavy (non-hydrogen) atoms. The molecule has 5 nitrogen and oxygen atoms in total. The Hall–Kier alpha value is -2.50. The summed E-state index contributed by atoms with van der Waals surface area (Å²) < 4.78 is 11.0. The van der Waals surface area contributed by atoms with Crippen molar-refractivity contribution in [2.45, 2.75) is 13.3 Å². The van der Waals surface area contributed by atoms with Crippen molar-refractivity contribution in [3.05, 3.63) is 64.7 Å². The number of anilines is 1. The molecule has 0 fully saturated rings. The summed E-state index contributed by atoms with van der Waals surface area (Å²) in [4.78, 5) is 12.9. The minimum absolute atomic E-state index is 0.0955. The molecule has 1 aliphatic rings. The van der Waals surface area contributed by atoms with Crippen molar-refractivity contribution in [1.82, 2.24) is 0 Å². The highest BCUT2D eigenvalue weighted by atomic mass is 35.5. The van der Waals surface area contributed by atoms with Gasteiger partial charge in [0.1, 0.15) is 6.61 Å². The Kier molecular flexibility index (Phi) is 6.27. The SMILES string of the molecule is C=CCOc1c(Cl)cc(CC2C(=O)N(c3ccc(Cl)cc3)N=C2C)cc1OC. The Bertz CT molecular complexity index is 926. The van der Waals surface area contributed by atoms with E-state index in [0.29, 0.717) is 40.3 Å². The molecule has 0 N–H and O–H groups in total. The zero-order chi connectivity index (χ0) is 20.3. The third-order valence-electron chi connectivity index (χ3n) is 4.41. The molecule has 0 bridgehead atoms. The number of nitrogens with zero attached hydrogens (tertiary/aromatic N) is 2. The number of benzene rings is 2. The maximum atomic E-state index is 12.9. The first kappa shape index (κ1) is 20.2. The van der Waals surface area contributed by atoms with Crippen LogP contribution in [0.15, 0.2) is 54.2 Å². The zero-order valence-corrected chi connectivity index (χ0v) is 17.1. The average molecular weight is 419 g/mol. The molecule has 0 aromatic heterocycles. The lowest BCUT2D eigenvalue weighted by molar-refractivity contribution is -0.119. The monoisotopic (exact) mass is 418 g/mol. The molecule has 7 heteroatoms. The highest BCUT2D eigenvalue weighted by molar-refractivity contribution is 6.32. The van der Waals surface area contributed by atoms with Gasteiger partial charge in [-0.2, -0.15) is 5.10 Å². The van der Waals surface area contributed by atoms with Crippen molar-refractivity contribution in [3.8, 4) is 11.5 Å². The molecule has 0 saturated heterocycles. The van der Waals surface area contributed by atoms with Gasteiger partial charge < -0.3 is 9.47 Å². The smallest absolute Gasteiger partial charge is 0.256 e. The van der Waals surface area contributed by atoms with E-state index in [-0.39, 0.29) is 11.8 Å². The van der Waals surface area contributed by atoms with Crippen LogP contribution in [-0.4, -0.2) is 25.3 Å². The maximum Gasteiger partial charge on any atom is 0.256 e. The molecule has 0 radical (unpaired) electrons. The van der Waals surface area contributed by atoms with Gasteiger partial charge in [0.15, 0.2) is 11.5 Å². The molecule has 0 spiro atoms. The Morgan fingerprint density at radius 3 is 2.61 bits per heavy atom. The number of methoxy groups -OCH3 is 1. The van der Waals surface area contributed by atoms with Gasteiger partial charge >= 0.3 is 0 Å².